The fourth-order valence-electron chi connectivity index (χ4n) is 1.99. The van der Waals surface area contributed by atoms with Crippen LogP contribution in [0.1, 0.15) is 12.5 Å². The van der Waals surface area contributed by atoms with Crippen LogP contribution in [0.5, 0.6) is 5.75 Å². The zero-order valence-corrected chi connectivity index (χ0v) is 16.0. The van der Waals surface area contributed by atoms with Gasteiger partial charge in [-0.3, -0.25) is 9.59 Å². The number of hydrogen-bond acceptors (Lipinski definition) is 4. The number of nitrogens with one attached hydrogen (secondary N) is 2. The summed E-state index contributed by atoms with van der Waals surface area (Å²) in [7, 11) is 1.43. The Balaban J connectivity index is 2.07. The summed E-state index contributed by atoms with van der Waals surface area (Å²) >= 11 is 17.8. The third-order valence-electron chi connectivity index (χ3n) is 3.26. The van der Waals surface area contributed by atoms with E-state index in [9.17, 15) is 9.59 Å². The highest BCUT2D eigenvalue weighted by molar-refractivity contribution is 6.40. The predicted molar refractivity (Wildman–Crippen MR) is 103 cm³/mol. The maximum absolute atomic E-state index is 12.0. The van der Waals surface area contributed by atoms with Crippen LogP contribution >= 0.6 is 34.8 Å². The van der Waals surface area contributed by atoms with Crippen molar-refractivity contribution >= 4 is 58.0 Å². The van der Waals surface area contributed by atoms with Crippen molar-refractivity contribution in [1.82, 2.24) is 5.43 Å². The van der Waals surface area contributed by atoms with Gasteiger partial charge < -0.3 is 10.1 Å². The minimum absolute atomic E-state index is 0.265. The lowest BCUT2D eigenvalue weighted by molar-refractivity contribution is -0.136. The topological polar surface area (TPSA) is 79.8 Å². The van der Waals surface area contributed by atoms with E-state index in [0.717, 1.165) is 0 Å². The number of anilines is 1. The van der Waals surface area contributed by atoms with Crippen molar-refractivity contribution in [3.8, 4) is 5.75 Å². The quantitative estimate of drug-likeness (QED) is 0.448. The van der Waals surface area contributed by atoms with Gasteiger partial charge in [-0.15, -0.1) is 0 Å². The molecule has 0 spiro atoms. The Labute approximate surface area is 165 Å². The average molecular weight is 415 g/mol. The molecule has 26 heavy (non-hydrogen) atoms. The molecule has 2 aromatic carbocycles. The maximum atomic E-state index is 12.0. The fraction of sp³-hybridized carbons (Fsp3) is 0.118. The molecular weight excluding hydrogens is 401 g/mol. The zero-order valence-electron chi connectivity index (χ0n) is 13.8. The van der Waals surface area contributed by atoms with Gasteiger partial charge in [-0.05, 0) is 37.3 Å². The zero-order chi connectivity index (χ0) is 19.3. The van der Waals surface area contributed by atoms with Crippen LogP contribution < -0.4 is 15.5 Å². The van der Waals surface area contributed by atoms with Crippen molar-refractivity contribution in [2.45, 2.75) is 6.92 Å². The van der Waals surface area contributed by atoms with Crippen molar-refractivity contribution in [3.63, 3.8) is 0 Å². The van der Waals surface area contributed by atoms with Gasteiger partial charge in [0.05, 0.1) is 23.5 Å². The Morgan fingerprint density at radius 2 is 1.65 bits per heavy atom. The van der Waals surface area contributed by atoms with Crippen LogP contribution in [0.3, 0.4) is 0 Å². The second-order valence-corrected chi connectivity index (χ2v) is 6.34. The lowest BCUT2D eigenvalue weighted by atomic mass is 10.1. The molecule has 0 fully saturated rings. The molecule has 2 aromatic rings. The predicted octanol–water partition coefficient (Wildman–Crippen LogP) is 4.13. The van der Waals surface area contributed by atoms with Gasteiger partial charge in [-0.1, -0.05) is 40.9 Å². The second kappa shape index (κ2) is 8.89. The van der Waals surface area contributed by atoms with Gasteiger partial charge in [-0.2, -0.15) is 5.10 Å². The standard InChI is InChI=1S/C17H14Cl3N3O3/c1-9(12-5-3-10(18)7-13(12)20)22-23-17(25)16(24)21-14-8-11(19)4-6-15(14)26-2/h3-8H,1-2H3,(H,21,24)(H,23,25)/b22-9+. The molecule has 0 aliphatic rings. The first-order chi connectivity index (χ1) is 12.3. The maximum Gasteiger partial charge on any atom is 0.329 e. The third kappa shape index (κ3) is 5.11. The van der Waals surface area contributed by atoms with E-state index in [4.69, 9.17) is 39.5 Å². The summed E-state index contributed by atoms with van der Waals surface area (Å²) in [5, 5.41) is 7.53. The Bertz CT molecular complexity index is 885. The van der Waals surface area contributed by atoms with E-state index in [1.54, 1.807) is 37.3 Å². The second-order valence-electron chi connectivity index (χ2n) is 5.06. The molecule has 0 aliphatic carbocycles. The number of carbonyl (C=O) groups excluding carboxylic acids is 2. The monoisotopic (exact) mass is 413 g/mol. The molecule has 0 atom stereocenters. The van der Waals surface area contributed by atoms with Crippen LogP contribution in [0, 0.1) is 0 Å². The number of carbonyl (C=O) groups is 2. The molecule has 2 N–H and O–H groups in total. The molecule has 2 rings (SSSR count). The van der Waals surface area contributed by atoms with Crippen molar-refractivity contribution in [2.75, 3.05) is 12.4 Å². The fourth-order valence-corrected chi connectivity index (χ4v) is 2.70. The Morgan fingerprint density at radius 1 is 1.00 bits per heavy atom. The number of hydrazone groups is 1. The summed E-state index contributed by atoms with van der Waals surface area (Å²) in [5.74, 6) is -1.52. The highest BCUT2D eigenvalue weighted by Crippen LogP contribution is 2.27. The first-order valence-corrected chi connectivity index (χ1v) is 8.39. The van der Waals surface area contributed by atoms with E-state index in [1.165, 1.54) is 13.2 Å². The summed E-state index contributed by atoms with van der Waals surface area (Å²) in [5.41, 5.74) is 3.42. The highest BCUT2D eigenvalue weighted by Gasteiger charge is 2.16. The number of benzene rings is 2. The molecule has 0 aromatic heterocycles. The van der Waals surface area contributed by atoms with Gasteiger partial charge in [0.25, 0.3) is 0 Å². The molecule has 9 heteroatoms. The molecule has 136 valence electrons. The molecule has 6 nitrogen and oxygen atoms in total. The number of rotatable bonds is 4. The van der Waals surface area contributed by atoms with Crippen LogP contribution in [-0.4, -0.2) is 24.6 Å². The Kier molecular flexibility index (Phi) is 6.85. The third-order valence-corrected chi connectivity index (χ3v) is 4.04. The van der Waals surface area contributed by atoms with E-state index in [-0.39, 0.29) is 5.69 Å². The minimum atomic E-state index is -0.962. The summed E-state index contributed by atoms with van der Waals surface area (Å²) in [4.78, 5) is 24.0. The Morgan fingerprint density at radius 3 is 2.31 bits per heavy atom. The number of hydrogen-bond donors (Lipinski definition) is 2. The van der Waals surface area contributed by atoms with Gasteiger partial charge in [0, 0.05) is 15.6 Å². The lowest BCUT2D eigenvalue weighted by Gasteiger charge is -2.10. The average Bonchev–Trinajstić information content (AvgIpc) is 2.59. The van der Waals surface area contributed by atoms with Crippen LogP contribution in [0.15, 0.2) is 41.5 Å². The summed E-state index contributed by atoms with van der Waals surface area (Å²) in [6.45, 7) is 1.63. The molecule has 0 radical (unpaired) electrons. The summed E-state index contributed by atoms with van der Waals surface area (Å²) in [6, 6.07) is 9.49. The number of ether oxygens (including phenoxy) is 1. The highest BCUT2D eigenvalue weighted by atomic mass is 35.5. The normalized spacial score (nSPS) is 11.0. The van der Waals surface area contributed by atoms with Crippen molar-refractivity contribution in [3.05, 3.63) is 57.0 Å². The lowest BCUT2D eigenvalue weighted by Crippen LogP contribution is -2.33. The van der Waals surface area contributed by atoms with Crippen LogP contribution in [0.25, 0.3) is 0 Å². The minimum Gasteiger partial charge on any atom is -0.495 e. The molecule has 0 bridgehead atoms. The largest absolute Gasteiger partial charge is 0.495 e. The number of amides is 2. The van der Waals surface area contributed by atoms with E-state index in [1.807, 2.05) is 0 Å². The van der Waals surface area contributed by atoms with Gasteiger partial charge in [0.15, 0.2) is 0 Å². The van der Waals surface area contributed by atoms with Crippen LogP contribution in [0.2, 0.25) is 15.1 Å². The van der Waals surface area contributed by atoms with Crippen molar-refractivity contribution < 1.29 is 14.3 Å². The first kappa shape index (κ1) is 20.0. The van der Waals surface area contributed by atoms with Gasteiger partial charge in [-0.25, -0.2) is 5.43 Å². The first-order valence-electron chi connectivity index (χ1n) is 7.26. The molecule has 2 amide bonds. The van der Waals surface area contributed by atoms with Crippen LogP contribution in [0.4, 0.5) is 5.69 Å². The SMILES string of the molecule is COc1ccc(Cl)cc1NC(=O)C(=O)N/N=C(\C)c1ccc(Cl)cc1Cl. The molecular formula is C17H14Cl3N3O3. The van der Waals surface area contributed by atoms with E-state index >= 15 is 0 Å². The Hall–Kier alpha value is -2.28. The smallest absolute Gasteiger partial charge is 0.329 e. The summed E-state index contributed by atoms with van der Waals surface area (Å²) in [6.07, 6.45) is 0. The van der Waals surface area contributed by atoms with E-state index < -0.39 is 11.8 Å². The molecule has 0 unspecified atom stereocenters. The van der Waals surface area contributed by atoms with E-state index in [0.29, 0.717) is 32.1 Å². The van der Waals surface area contributed by atoms with E-state index in [2.05, 4.69) is 15.8 Å². The number of nitrogens with zero attached hydrogens (tertiary/aromatic N) is 1. The molecule has 0 aliphatic heterocycles. The van der Waals surface area contributed by atoms with Crippen LogP contribution in [-0.2, 0) is 9.59 Å². The molecule has 0 saturated heterocycles. The molecule has 0 saturated carbocycles. The van der Waals surface area contributed by atoms with Gasteiger partial charge in [0.2, 0.25) is 0 Å². The van der Waals surface area contributed by atoms with Gasteiger partial charge >= 0.3 is 11.8 Å². The number of methoxy groups -OCH3 is 1. The van der Waals surface area contributed by atoms with Gasteiger partial charge in [0.1, 0.15) is 5.75 Å². The van der Waals surface area contributed by atoms with Crippen molar-refractivity contribution in [2.24, 2.45) is 5.10 Å². The summed E-state index contributed by atoms with van der Waals surface area (Å²) < 4.78 is 5.10. The van der Waals surface area contributed by atoms with Crippen molar-refractivity contribution in [1.29, 1.82) is 0 Å². The molecule has 0 heterocycles. The number of halogens is 3.